The molecular weight excluding hydrogens is 318 g/mol. The number of nitrogens with one attached hydrogen (secondary N) is 2. The van der Waals surface area contributed by atoms with Gasteiger partial charge in [0.1, 0.15) is 0 Å². The maximum Gasteiger partial charge on any atom is 0.317 e. The lowest BCUT2D eigenvalue weighted by Crippen LogP contribution is -2.44. The normalized spacial score (nSPS) is 17.8. The molecule has 24 heavy (non-hydrogen) atoms. The molecule has 1 aromatic heterocycles. The Morgan fingerprint density at radius 3 is 2.75 bits per heavy atom. The molecule has 2 N–H and O–H groups in total. The van der Waals surface area contributed by atoms with Crippen molar-refractivity contribution in [2.45, 2.75) is 31.7 Å². The van der Waals surface area contributed by atoms with Gasteiger partial charge in [0.25, 0.3) is 0 Å². The summed E-state index contributed by atoms with van der Waals surface area (Å²) < 4.78 is 0. The molecule has 2 aromatic rings. The molecule has 1 saturated heterocycles. The molecule has 1 aliphatic heterocycles. The van der Waals surface area contributed by atoms with Crippen LogP contribution in [0.25, 0.3) is 0 Å². The highest BCUT2D eigenvalue weighted by atomic mass is 32.1. The number of rotatable bonds is 5. The van der Waals surface area contributed by atoms with E-state index in [0.29, 0.717) is 12.6 Å². The van der Waals surface area contributed by atoms with Gasteiger partial charge in [0, 0.05) is 41.7 Å². The lowest BCUT2D eigenvalue weighted by Gasteiger charge is -2.26. The van der Waals surface area contributed by atoms with E-state index < -0.39 is 0 Å². The summed E-state index contributed by atoms with van der Waals surface area (Å²) in [6.45, 7) is 6.54. The molecule has 0 bridgehead atoms. The topological polar surface area (TPSA) is 44.4 Å². The van der Waals surface area contributed by atoms with Crippen molar-refractivity contribution in [1.82, 2.24) is 10.2 Å². The number of carbonyl (C=O) groups excluding carboxylic acids is 1. The lowest BCUT2D eigenvalue weighted by atomic mass is 9.91. The van der Waals surface area contributed by atoms with E-state index in [0.717, 1.165) is 25.2 Å². The number of nitrogens with zero attached hydrogens (tertiary/aromatic N) is 1. The van der Waals surface area contributed by atoms with Gasteiger partial charge in [-0.25, -0.2) is 4.79 Å². The van der Waals surface area contributed by atoms with Crippen molar-refractivity contribution in [3.05, 3.63) is 52.7 Å². The molecule has 0 radical (unpaired) electrons. The number of urea groups is 1. The lowest BCUT2D eigenvalue weighted by molar-refractivity contribution is 0.206. The van der Waals surface area contributed by atoms with E-state index in [-0.39, 0.29) is 11.4 Å². The highest BCUT2D eigenvalue weighted by Gasteiger charge is 2.28. The third-order valence-corrected chi connectivity index (χ3v) is 5.73. The summed E-state index contributed by atoms with van der Waals surface area (Å²) in [5.41, 5.74) is 1.08. The van der Waals surface area contributed by atoms with E-state index in [1.54, 1.807) is 11.3 Å². The van der Waals surface area contributed by atoms with Crippen LogP contribution in [0.3, 0.4) is 0 Å². The molecule has 1 unspecified atom stereocenters. The second-order valence-corrected chi connectivity index (χ2v) is 7.91. The van der Waals surface area contributed by atoms with Crippen molar-refractivity contribution in [2.75, 3.05) is 25.0 Å². The monoisotopic (exact) mass is 343 g/mol. The molecule has 1 fully saturated rings. The molecule has 2 amide bonds. The standard InChI is InChI=1S/C19H25N3OS/c1-19(2,17-9-6-12-24-17)14-20-18(23)22-11-10-16(13-22)21-15-7-4-3-5-8-15/h3-9,12,16,21H,10-11,13-14H2,1-2H3,(H,20,23). The highest BCUT2D eigenvalue weighted by Crippen LogP contribution is 2.26. The van der Waals surface area contributed by atoms with Gasteiger partial charge in [-0.3, -0.25) is 0 Å². The van der Waals surface area contributed by atoms with Crippen LogP contribution < -0.4 is 10.6 Å². The minimum Gasteiger partial charge on any atom is -0.380 e. The van der Waals surface area contributed by atoms with Crippen LogP contribution in [0.5, 0.6) is 0 Å². The Bertz CT molecular complexity index is 655. The molecule has 0 aliphatic carbocycles. The van der Waals surface area contributed by atoms with Crippen molar-refractivity contribution in [3.8, 4) is 0 Å². The van der Waals surface area contributed by atoms with Gasteiger partial charge in [0.15, 0.2) is 0 Å². The zero-order valence-electron chi connectivity index (χ0n) is 14.3. The van der Waals surface area contributed by atoms with Crippen molar-refractivity contribution >= 4 is 23.1 Å². The van der Waals surface area contributed by atoms with Crippen LogP contribution >= 0.6 is 11.3 Å². The molecule has 1 aromatic carbocycles. The first-order chi connectivity index (χ1) is 11.5. The van der Waals surface area contributed by atoms with Crippen LogP contribution in [0.2, 0.25) is 0 Å². The fourth-order valence-corrected chi connectivity index (χ4v) is 3.84. The SMILES string of the molecule is CC(C)(CNC(=O)N1CCC(Nc2ccccc2)C1)c1cccs1. The van der Waals surface area contributed by atoms with Gasteiger partial charge in [-0.2, -0.15) is 0 Å². The molecule has 1 atom stereocenters. The smallest absolute Gasteiger partial charge is 0.317 e. The Morgan fingerprint density at radius 2 is 2.04 bits per heavy atom. The molecule has 128 valence electrons. The third-order valence-electron chi connectivity index (χ3n) is 4.49. The summed E-state index contributed by atoms with van der Waals surface area (Å²) in [5, 5.41) is 8.69. The van der Waals surface area contributed by atoms with Crippen molar-refractivity contribution in [2.24, 2.45) is 0 Å². The van der Waals surface area contributed by atoms with Crippen LogP contribution in [0.1, 0.15) is 25.1 Å². The Balaban J connectivity index is 1.48. The fraction of sp³-hybridized carbons (Fsp3) is 0.421. The van der Waals surface area contributed by atoms with Crippen LogP contribution in [0.4, 0.5) is 10.5 Å². The Labute approximate surface area is 147 Å². The number of likely N-dealkylation sites (tertiary alicyclic amines) is 1. The molecule has 3 rings (SSSR count). The van der Waals surface area contributed by atoms with E-state index in [1.165, 1.54) is 4.88 Å². The first-order valence-corrected chi connectivity index (χ1v) is 9.31. The largest absolute Gasteiger partial charge is 0.380 e. The molecule has 2 heterocycles. The summed E-state index contributed by atoms with van der Waals surface area (Å²) >= 11 is 1.74. The zero-order valence-corrected chi connectivity index (χ0v) is 15.1. The molecule has 5 heteroatoms. The van der Waals surface area contributed by atoms with Crippen molar-refractivity contribution in [1.29, 1.82) is 0 Å². The summed E-state index contributed by atoms with van der Waals surface area (Å²) in [5.74, 6) is 0. The van der Waals surface area contributed by atoms with Gasteiger partial charge in [0.05, 0.1) is 0 Å². The van der Waals surface area contributed by atoms with Crippen molar-refractivity contribution < 1.29 is 4.79 Å². The van der Waals surface area contributed by atoms with E-state index in [4.69, 9.17) is 0 Å². The Kier molecular flexibility index (Phi) is 5.09. The average Bonchev–Trinajstić information content (AvgIpc) is 3.26. The Hall–Kier alpha value is -2.01. The molecule has 4 nitrogen and oxygen atoms in total. The van der Waals surface area contributed by atoms with E-state index in [1.807, 2.05) is 23.1 Å². The molecule has 0 spiro atoms. The first-order valence-electron chi connectivity index (χ1n) is 8.43. The maximum absolute atomic E-state index is 12.5. The number of anilines is 1. The predicted octanol–water partition coefficient (Wildman–Crippen LogP) is 3.92. The number of thiophene rings is 1. The third kappa shape index (κ3) is 4.09. The molecular formula is C19H25N3OS. The van der Waals surface area contributed by atoms with E-state index in [2.05, 4.69) is 54.1 Å². The van der Waals surface area contributed by atoms with Crippen LogP contribution in [-0.2, 0) is 5.41 Å². The molecule has 1 aliphatic rings. The van der Waals surface area contributed by atoms with Gasteiger partial charge in [-0.15, -0.1) is 11.3 Å². The number of hydrogen-bond acceptors (Lipinski definition) is 3. The second-order valence-electron chi connectivity index (χ2n) is 6.96. The zero-order chi connectivity index (χ0) is 17.0. The van der Waals surface area contributed by atoms with Gasteiger partial charge in [-0.05, 0) is 30.0 Å². The number of amides is 2. The summed E-state index contributed by atoms with van der Waals surface area (Å²) in [6.07, 6.45) is 0.983. The van der Waals surface area contributed by atoms with Gasteiger partial charge in [0.2, 0.25) is 0 Å². The number of hydrogen-bond donors (Lipinski definition) is 2. The highest BCUT2D eigenvalue weighted by molar-refractivity contribution is 7.10. The second kappa shape index (κ2) is 7.26. The van der Waals surface area contributed by atoms with E-state index >= 15 is 0 Å². The van der Waals surface area contributed by atoms with Crippen LogP contribution in [0, 0.1) is 0 Å². The molecule has 0 saturated carbocycles. The Morgan fingerprint density at radius 1 is 1.25 bits per heavy atom. The summed E-state index contributed by atoms with van der Waals surface area (Å²) in [4.78, 5) is 15.7. The van der Waals surface area contributed by atoms with E-state index in [9.17, 15) is 4.79 Å². The van der Waals surface area contributed by atoms with Crippen molar-refractivity contribution in [3.63, 3.8) is 0 Å². The van der Waals surface area contributed by atoms with Gasteiger partial charge >= 0.3 is 6.03 Å². The predicted molar refractivity (Wildman–Crippen MR) is 101 cm³/mol. The van der Waals surface area contributed by atoms with Gasteiger partial charge < -0.3 is 15.5 Å². The number of carbonyl (C=O) groups is 1. The quantitative estimate of drug-likeness (QED) is 0.864. The van der Waals surface area contributed by atoms with Crippen LogP contribution in [0.15, 0.2) is 47.8 Å². The fourth-order valence-electron chi connectivity index (χ4n) is 2.99. The first kappa shape index (κ1) is 16.8. The maximum atomic E-state index is 12.5. The number of benzene rings is 1. The summed E-state index contributed by atoms with van der Waals surface area (Å²) in [6, 6.07) is 14.7. The summed E-state index contributed by atoms with van der Waals surface area (Å²) in [7, 11) is 0. The van der Waals surface area contributed by atoms with Crippen LogP contribution in [-0.4, -0.2) is 36.6 Å². The minimum atomic E-state index is -0.0365. The van der Waals surface area contributed by atoms with Gasteiger partial charge in [-0.1, -0.05) is 38.1 Å². The minimum absolute atomic E-state index is 0.0365. The number of para-hydroxylation sites is 1. The average molecular weight is 343 g/mol.